The fraction of sp³-hybridized carbons (Fsp3) is 0.636. The number of amides is 1. The number of fused-ring (bicyclic) bond motifs is 1. The lowest BCUT2D eigenvalue weighted by molar-refractivity contribution is -0.123. The number of carbonyl (C=O) groups is 1. The molecule has 3 aliphatic rings. The standard InChI is InChI=1S/C33H45F2N7O2/c34-31(35)32-38-27-10-3-4-11-28(27)42(32)29-22-26(37-33(39-29)41-18-20-44-21-19-41)9-7-8-24-12-14-25(15-13-24)36-30(43)23-40-16-5-1-2-6-17-40/h3-4,10-11,22,24-25,31H,1-2,5-9,12-21,23H2,(H,36,43). The quantitative estimate of drug-likeness (QED) is 0.327. The summed E-state index contributed by atoms with van der Waals surface area (Å²) in [4.78, 5) is 30.9. The van der Waals surface area contributed by atoms with Gasteiger partial charge in [-0.15, -0.1) is 0 Å². The van der Waals surface area contributed by atoms with Crippen LogP contribution < -0.4 is 10.2 Å². The molecule has 0 radical (unpaired) electrons. The summed E-state index contributed by atoms with van der Waals surface area (Å²) >= 11 is 0. The van der Waals surface area contributed by atoms with Crippen molar-refractivity contribution in [3.8, 4) is 5.82 Å². The second-order valence-electron chi connectivity index (χ2n) is 12.6. The van der Waals surface area contributed by atoms with Crippen molar-refractivity contribution in [2.24, 2.45) is 5.92 Å². The van der Waals surface area contributed by atoms with Gasteiger partial charge in [0.25, 0.3) is 6.43 Å². The number of para-hydroxylation sites is 2. The van der Waals surface area contributed by atoms with Crippen LogP contribution in [0.4, 0.5) is 14.7 Å². The molecule has 1 aromatic carbocycles. The Bertz CT molecular complexity index is 1380. The Kier molecular flexibility index (Phi) is 10.3. The molecule has 2 aromatic heterocycles. The van der Waals surface area contributed by atoms with Gasteiger partial charge in [-0.3, -0.25) is 14.3 Å². The summed E-state index contributed by atoms with van der Waals surface area (Å²) in [6.07, 6.45) is 9.27. The molecule has 1 amide bonds. The lowest BCUT2D eigenvalue weighted by Crippen LogP contribution is -2.43. The van der Waals surface area contributed by atoms with Gasteiger partial charge in [0.1, 0.15) is 5.82 Å². The highest BCUT2D eigenvalue weighted by Gasteiger charge is 2.25. The molecule has 3 aromatic rings. The van der Waals surface area contributed by atoms with Gasteiger partial charge in [0, 0.05) is 30.9 Å². The Labute approximate surface area is 258 Å². The van der Waals surface area contributed by atoms with Crippen LogP contribution in [0.5, 0.6) is 0 Å². The van der Waals surface area contributed by atoms with Gasteiger partial charge in [0.15, 0.2) is 5.82 Å². The van der Waals surface area contributed by atoms with Gasteiger partial charge in [-0.25, -0.2) is 18.7 Å². The van der Waals surface area contributed by atoms with Gasteiger partial charge in [-0.05, 0) is 82.5 Å². The number of imidazole rings is 1. The van der Waals surface area contributed by atoms with Crippen molar-refractivity contribution >= 4 is 22.9 Å². The molecule has 6 rings (SSSR count). The molecule has 2 aliphatic heterocycles. The van der Waals surface area contributed by atoms with E-state index in [-0.39, 0.29) is 17.8 Å². The maximum Gasteiger partial charge on any atom is 0.296 e. The van der Waals surface area contributed by atoms with Crippen LogP contribution in [0.2, 0.25) is 0 Å². The minimum absolute atomic E-state index is 0.173. The maximum atomic E-state index is 14.2. The lowest BCUT2D eigenvalue weighted by Gasteiger charge is -2.30. The Morgan fingerprint density at radius 3 is 2.45 bits per heavy atom. The van der Waals surface area contributed by atoms with Crippen LogP contribution >= 0.6 is 0 Å². The minimum atomic E-state index is -2.73. The van der Waals surface area contributed by atoms with E-state index in [0.717, 1.165) is 63.7 Å². The molecule has 4 heterocycles. The Morgan fingerprint density at radius 1 is 0.955 bits per heavy atom. The molecular weight excluding hydrogens is 564 g/mol. The number of likely N-dealkylation sites (tertiary alicyclic amines) is 1. The number of benzene rings is 1. The highest BCUT2D eigenvalue weighted by molar-refractivity contribution is 5.78. The highest BCUT2D eigenvalue weighted by Crippen LogP contribution is 2.30. The first-order chi connectivity index (χ1) is 21.5. The first-order valence-corrected chi connectivity index (χ1v) is 16.5. The topological polar surface area (TPSA) is 88.4 Å². The third-order valence-electron chi connectivity index (χ3n) is 9.38. The minimum Gasteiger partial charge on any atom is -0.378 e. The van der Waals surface area contributed by atoms with E-state index in [9.17, 15) is 13.6 Å². The van der Waals surface area contributed by atoms with Crippen LogP contribution in [-0.4, -0.2) is 82.3 Å². The number of anilines is 1. The number of carbonyl (C=O) groups excluding carboxylic acids is 1. The summed E-state index contributed by atoms with van der Waals surface area (Å²) in [5, 5.41) is 3.30. The van der Waals surface area contributed by atoms with Crippen LogP contribution in [0.1, 0.15) is 82.2 Å². The molecule has 1 saturated carbocycles. The number of aromatic nitrogens is 4. The fourth-order valence-corrected chi connectivity index (χ4v) is 6.99. The molecule has 238 valence electrons. The number of alkyl halides is 2. The third-order valence-corrected chi connectivity index (χ3v) is 9.38. The molecular formula is C33H45F2N7O2. The number of halogens is 2. The summed E-state index contributed by atoms with van der Waals surface area (Å²) in [5.74, 6) is 1.47. The van der Waals surface area contributed by atoms with Gasteiger partial charge in [-0.1, -0.05) is 31.4 Å². The molecule has 3 fully saturated rings. The number of nitrogens with one attached hydrogen (secondary N) is 1. The van der Waals surface area contributed by atoms with E-state index in [4.69, 9.17) is 14.7 Å². The molecule has 0 bridgehead atoms. The van der Waals surface area contributed by atoms with Gasteiger partial charge in [0.05, 0.1) is 30.8 Å². The molecule has 11 heteroatoms. The van der Waals surface area contributed by atoms with E-state index in [0.29, 0.717) is 61.6 Å². The first-order valence-electron chi connectivity index (χ1n) is 16.5. The smallest absolute Gasteiger partial charge is 0.296 e. The van der Waals surface area contributed by atoms with Crippen molar-refractivity contribution in [3.63, 3.8) is 0 Å². The summed E-state index contributed by atoms with van der Waals surface area (Å²) in [5.41, 5.74) is 1.98. The van der Waals surface area contributed by atoms with E-state index in [1.807, 2.05) is 12.1 Å². The van der Waals surface area contributed by atoms with E-state index in [2.05, 4.69) is 20.1 Å². The SMILES string of the molecule is O=C(CN1CCCCCC1)NC1CCC(CCCc2cc(-n3c(C(F)F)nc4ccccc43)nc(N3CCOCC3)n2)CC1. The predicted octanol–water partition coefficient (Wildman–Crippen LogP) is 5.46. The van der Waals surface area contributed by atoms with E-state index >= 15 is 0 Å². The van der Waals surface area contributed by atoms with E-state index in [1.54, 1.807) is 18.2 Å². The summed E-state index contributed by atoms with van der Waals surface area (Å²) in [6.45, 7) is 5.09. The van der Waals surface area contributed by atoms with E-state index < -0.39 is 6.43 Å². The monoisotopic (exact) mass is 609 g/mol. The first kappa shape index (κ1) is 30.8. The number of rotatable bonds is 10. The van der Waals surface area contributed by atoms with Gasteiger partial charge >= 0.3 is 0 Å². The van der Waals surface area contributed by atoms with Gasteiger partial charge in [-0.2, -0.15) is 4.98 Å². The fourth-order valence-electron chi connectivity index (χ4n) is 6.99. The maximum absolute atomic E-state index is 14.2. The van der Waals surface area contributed by atoms with Crippen LogP contribution in [0.15, 0.2) is 30.3 Å². The molecule has 2 saturated heterocycles. The second-order valence-corrected chi connectivity index (χ2v) is 12.6. The Balaban J connectivity index is 1.08. The average Bonchev–Trinajstić information content (AvgIpc) is 3.26. The number of morpholine rings is 1. The zero-order valence-corrected chi connectivity index (χ0v) is 25.6. The van der Waals surface area contributed by atoms with Crippen molar-refractivity contribution in [2.75, 3.05) is 50.8 Å². The molecule has 9 nitrogen and oxygen atoms in total. The summed E-state index contributed by atoms with van der Waals surface area (Å²) < 4.78 is 35.3. The Morgan fingerprint density at radius 2 is 1.70 bits per heavy atom. The molecule has 1 aliphatic carbocycles. The molecule has 44 heavy (non-hydrogen) atoms. The second kappa shape index (κ2) is 14.7. The summed E-state index contributed by atoms with van der Waals surface area (Å²) in [7, 11) is 0. The number of ether oxygens (including phenoxy) is 1. The largest absolute Gasteiger partial charge is 0.378 e. The number of hydrogen-bond acceptors (Lipinski definition) is 7. The normalized spacial score (nSPS) is 21.9. The van der Waals surface area contributed by atoms with Gasteiger partial charge in [0.2, 0.25) is 11.9 Å². The molecule has 0 atom stereocenters. The van der Waals surface area contributed by atoms with Crippen LogP contribution in [0.25, 0.3) is 16.9 Å². The summed E-state index contributed by atoms with van der Waals surface area (Å²) in [6, 6.07) is 9.31. The Hall–Kier alpha value is -3.18. The third kappa shape index (κ3) is 7.72. The molecule has 0 spiro atoms. The predicted molar refractivity (Wildman–Crippen MR) is 166 cm³/mol. The average molecular weight is 610 g/mol. The van der Waals surface area contributed by atoms with Crippen LogP contribution in [0.3, 0.4) is 0 Å². The number of nitrogens with zero attached hydrogens (tertiary/aromatic N) is 6. The lowest BCUT2D eigenvalue weighted by atomic mass is 9.83. The number of aryl methyl sites for hydroxylation is 1. The van der Waals surface area contributed by atoms with Crippen molar-refractivity contribution in [1.29, 1.82) is 0 Å². The van der Waals surface area contributed by atoms with E-state index in [1.165, 1.54) is 30.3 Å². The molecule has 1 N–H and O–H groups in total. The van der Waals surface area contributed by atoms with Crippen molar-refractivity contribution in [2.45, 2.75) is 83.1 Å². The van der Waals surface area contributed by atoms with Crippen molar-refractivity contribution in [1.82, 2.24) is 29.7 Å². The zero-order valence-electron chi connectivity index (χ0n) is 25.6. The van der Waals surface area contributed by atoms with Crippen molar-refractivity contribution in [3.05, 3.63) is 41.9 Å². The number of hydrogen-bond donors (Lipinski definition) is 1. The van der Waals surface area contributed by atoms with Gasteiger partial charge < -0.3 is 15.0 Å². The van der Waals surface area contributed by atoms with Crippen LogP contribution in [0, 0.1) is 5.92 Å². The highest BCUT2D eigenvalue weighted by atomic mass is 19.3. The molecule has 0 unspecified atom stereocenters. The van der Waals surface area contributed by atoms with Crippen LogP contribution in [-0.2, 0) is 16.0 Å². The zero-order chi connectivity index (χ0) is 30.3. The van der Waals surface area contributed by atoms with Crippen molar-refractivity contribution < 1.29 is 18.3 Å².